The number of rotatable bonds is 7. The third-order valence-electron chi connectivity index (χ3n) is 5.59. The molecule has 0 N–H and O–H groups in total. The van der Waals surface area contributed by atoms with Crippen LogP contribution >= 0.6 is 11.8 Å². The Morgan fingerprint density at radius 1 is 1.19 bits per heavy atom. The van der Waals surface area contributed by atoms with E-state index in [0.29, 0.717) is 11.8 Å². The third-order valence-corrected chi connectivity index (χ3v) is 8.80. The lowest BCUT2D eigenvalue weighted by molar-refractivity contribution is -0.117. The fourth-order valence-electron chi connectivity index (χ4n) is 4.07. The van der Waals surface area contributed by atoms with E-state index in [1.54, 1.807) is 0 Å². The summed E-state index contributed by atoms with van der Waals surface area (Å²) in [6, 6.07) is 15.2. The highest BCUT2D eigenvalue weighted by Crippen LogP contribution is 2.41. The van der Waals surface area contributed by atoms with Crippen molar-refractivity contribution in [3.63, 3.8) is 0 Å². The van der Waals surface area contributed by atoms with Crippen molar-refractivity contribution >= 4 is 38.4 Å². The van der Waals surface area contributed by atoms with Crippen LogP contribution in [0.1, 0.15) is 30.9 Å². The van der Waals surface area contributed by atoms with Crippen LogP contribution in [0.25, 0.3) is 0 Å². The molecular formula is C24H28N2O4S2. The number of thioether (sulfide) groups is 1. The standard InChI is InChI=1S/C24H28N2O4S2/c1-3-4-11-30-20-10-6-9-19(14-20)26-21-15-32(28,29)16-22(21)31-24(26)25-23(27)13-18-8-5-7-17(2)12-18/h5-10,12,14,21-22H,3-4,11,13,15-16H2,1-2H3/t21-,22-/m1/s1. The number of amides is 1. The monoisotopic (exact) mass is 472 g/mol. The number of aryl methyl sites for hydroxylation is 1. The molecule has 4 rings (SSSR count). The zero-order valence-electron chi connectivity index (χ0n) is 18.4. The molecule has 0 spiro atoms. The lowest BCUT2D eigenvalue weighted by Gasteiger charge is -2.25. The molecule has 2 aliphatic rings. The number of fused-ring (bicyclic) bond motifs is 1. The molecule has 2 fully saturated rings. The summed E-state index contributed by atoms with van der Waals surface area (Å²) in [5, 5.41) is 0.438. The molecule has 6 nitrogen and oxygen atoms in total. The van der Waals surface area contributed by atoms with E-state index in [-0.39, 0.29) is 35.1 Å². The highest BCUT2D eigenvalue weighted by molar-refractivity contribution is 8.16. The highest BCUT2D eigenvalue weighted by Gasteiger charge is 2.49. The minimum Gasteiger partial charge on any atom is -0.494 e. The van der Waals surface area contributed by atoms with E-state index in [0.717, 1.165) is 35.4 Å². The molecule has 0 aromatic heterocycles. The van der Waals surface area contributed by atoms with Gasteiger partial charge in [0.25, 0.3) is 5.91 Å². The second-order valence-corrected chi connectivity index (χ2v) is 11.7. The number of carbonyl (C=O) groups is 1. The SMILES string of the molecule is CCCCOc1cccc(N2C(=NC(=O)Cc3cccc(C)c3)S[C@@H]3CS(=O)(=O)C[C@H]32)c1. The predicted octanol–water partition coefficient (Wildman–Crippen LogP) is 4.02. The van der Waals surface area contributed by atoms with Crippen LogP contribution in [-0.2, 0) is 21.1 Å². The molecule has 1 amide bonds. The molecule has 0 saturated carbocycles. The molecule has 170 valence electrons. The first kappa shape index (κ1) is 22.9. The van der Waals surface area contributed by atoms with E-state index in [9.17, 15) is 13.2 Å². The third kappa shape index (κ3) is 5.35. The number of unbranched alkanes of at least 4 members (excludes halogenated alkanes) is 1. The van der Waals surface area contributed by atoms with Crippen LogP contribution in [0.2, 0.25) is 0 Å². The first-order chi connectivity index (χ1) is 15.3. The van der Waals surface area contributed by atoms with Gasteiger partial charge in [-0.2, -0.15) is 4.99 Å². The number of hydrogen-bond acceptors (Lipinski definition) is 5. The summed E-state index contributed by atoms with van der Waals surface area (Å²) in [5.41, 5.74) is 2.82. The molecule has 0 aliphatic carbocycles. The first-order valence-electron chi connectivity index (χ1n) is 10.9. The Bertz CT molecular complexity index is 1130. The van der Waals surface area contributed by atoms with Crippen molar-refractivity contribution in [1.82, 2.24) is 0 Å². The van der Waals surface area contributed by atoms with Crippen LogP contribution in [0.4, 0.5) is 5.69 Å². The van der Waals surface area contributed by atoms with Gasteiger partial charge in [-0.3, -0.25) is 4.79 Å². The van der Waals surface area contributed by atoms with Gasteiger partial charge in [-0.25, -0.2) is 8.42 Å². The van der Waals surface area contributed by atoms with E-state index >= 15 is 0 Å². The van der Waals surface area contributed by atoms with Gasteiger partial charge >= 0.3 is 0 Å². The number of nitrogens with zero attached hydrogens (tertiary/aromatic N) is 2. The van der Waals surface area contributed by atoms with Crippen molar-refractivity contribution in [2.45, 2.75) is 44.4 Å². The van der Waals surface area contributed by atoms with Gasteiger partial charge in [-0.15, -0.1) is 0 Å². The topological polar surface area (TPSA) is 76.0 Å². The fraction of sp³-hybridized carbons (Fsp3) is 0.417. The number of benzene rings is 2. The number of carbonyl (C=O) groups excluding carboxylic acids is 1. The van der Waals surface area contributed by atoms with Crippen molar-refractivity contribution in [2.75, 3.05) is 23.0 Å². The summed E-state index contributed by atoms with van der Waals surface area (Å²) in [6.45, 7) is 4.73. The van der Waals surface area contributed by atoms with E-state index in [1.807, 2.05) is 60.4 Å². The summed E-state index contributed by atoms with van der Waals surface area (Å²) in [5.74, 6) is 0.671. The molecule has 0 radical (unpaired) electrons. The predicted molar refractivity (Wildman–Crippen MR) is 130 cm³/mol. The lowest BCUT2D eigenvalue weighted by Crippen LogP contribution is -2.37. The molecule has 2 aromatic carbocycles. The minimum atomic E-state index is -3.11. The van der Waals surface area contributed by atoms with Gasteiger partial charge < -0.3 is 9.64 Å². The van der Waals surface area contributed by atoms with E-state index in [1.165, 1.54) is 11.8 Å². The summed E-state index contributed by atoms with van der Waals surface area (Å²) in [4.78, 5) is 19.1. The molecule has 0 unspecified atom stereocenters. The molecule has 2 atom stereocenters. The highest BCUT2D eigenvalue weighted by atomic mass is 32.2. The van der Waals surface area contributed by atoms with Crippen molar-refractivity contribution in [1.29, 1.82) is 0 Å². The van der Waals surface area contributed by atoms with Crippen molar-refractivity contribution in [3.05, 3.63) is 59.7 Å². The van der Waals surface area contributed by atoms with Crippen LogP contribution in [0, 0.1) is 6.92 Å². The molecule has 0 bridgehead atoms. The summed E-state index contributed by atoms with van der Waals surface area (Å²) in [7, 11) is -3.11. The van der Waals surface area contributed by atoms with E-state index in [4.69, 9.17) is 4.74 Å². The Labute approximate surface area is 194 Å². The normalized spacial score (nSPS) is 22.8. The van der Waals surface area contributed by atoms with Gasteiger partial charge in [-0.05, 0) is 31.0 Å². The van der Waals surface area contributed by atoms with Crippen LogP contribution in [0.3, 0.4) is 0 Å². The van der Waals surface area contributed by atoms with E-state index < -0.39 is 9.84 Å². The Hall–Kier alpha value is -2.32. The van der Waals surface area contributed by atoms with Crippen molar-refractivity contribution in [3.8, 4) is 5.75 Å². The van der Waals surface area contributed by atoms with Crippen molar-refractivity contribution < 1.29 is 17.9 Å². The molecule has 2 heterocycles. The largest absolute Gasteiger partial charge is 0.494 e. The quantitative estimate of drug-likeness (QED) is 0.567. The maximum Gasteiger partial charge on any atom is 0.252 e. The molecule has 2 aliphatic heterocycles. The average Bonchev–Trinajstić information content (AvgIpc) is 3.19. The first-order valence-corrected chi connectivity index (χ1v) is 13.6. The smallest absolute Gasteiger partial charge is 0.252 e. The summed E-state index contributed by atoms with van der Waals surface area (Å²) < 4.78 is 30.4. The maximum atomic E-state index is 12.8. The average molecular weight is 473 g/mol. The Kier molecular flexibility index (Phi) is 6.90. The number of sulfone groups is 1. The zero-order valence-corrected chi connectivity index (χ0v) is 20.0. The zero-order chi connectivity index (χ0) is 22.7. The minimum absolute atomic E-state index is 0.0661. The van der Waals surface area contributed by atoms with Crippen LogP contribution < -0.4 is 9.64 Å². The molecule has 2 saturated heterocycles. The summed E-state index contributed by atoms with van der Waals surface area (Å²) in [6.07, 6.45) is 2.23. The second kappa shape index (κ2) is 9.67. The fourth-order valence-corrected chi connectivity index (χ4v) is 8.00. The maximum absolute atomic E-state index is 12.8. The number of anilines is 1. The Morgan fingerprint density at radius 2 is 2.00 bits per heavy atom. The number of ether oxygens (including phenoxy) is 1. The van der Waals surface area contributed by atoms with Gasteiger partial charge in [0.1, 0.15) is 5.75 Å². The summed E-state index contributed by atoms with van der Waals surface area (Å²) >= 11 is 1.39. The number of hydrogen-bond donors (Lipinski definition) is 0. The Morgan fingerprint density at radius 3 is 2.78 bits per heavy atom. The van der Waals surface area contributed by atoms with Gasteiger partial charge in [0.15, 0.2) is 15.0 Å². The van der Waals surface area contributed by atoms with Gasteiger partial charge in [0.05, 0.1) is 30.6 Å². The number of aliphatic imine (C=N–C) groups is 1. The lowest BCUT2D eigenvalue weighted by atomic mass is 10.1. The van der Waals surface area contributed by atoms with Gasteiger partial charge in [0, 0.05) is 17.0 Å². The van der Waals surface area contributed by atoms with E-state index in [2.05, 4.69) is 11.9 Å². The van der Waals surface area contributed by atoms with Gasteiger partial charge in [0.2, 0.25) is 0 Å². The molecule has 2 aromatic rings. The second-order valence-electron chi connectivity index (χ2n) is 8.32. The molecule has 8 heteroatoms. The number of amidine groups is 1. The Balaban J connectivity index is 1.61. The van der Waals surface area contributed by atoms with Crippen LogP contribution in [0.15, 0.2) is 53.5 Å². The van der Waals surface area contributed by atoms with Crippen LogP contribution in [0.5, 0.6) is 5.75 Å². The van der Waals surface area contributed by atoms with Gasteiger partial charge in [-0.1, -0.05) is 61.0 Å². The molecular weight excluding hydrogens is 444 g/mol. The van der Waals surface area contributed by atoms with Crippen LogP contribution in [-0.4, -0.2) is 48.9 Å². The molecule has 32 heavy (non-hydrogen) atoms. The van der Waals surface area contributed by atoms with Crippen molar-refractivity contribution in [2.24, 2.45) is 4.99 Å².